The van der Waals surface area contributed by atoms with Gasteiger partial charge in [-0.15, -0.1) is 0 Å². The van der Waals surface area contributed by atoms with Gasteiger partial charge >= 0.3 is 0 Å². The van der Waals surface area contributed by atoms with Crippen LogP contribution in [0.15, 0.2) is 12.1 Å². The van der Waals surface area contributed by atoms with E-state index < -0.39 is 0 Å². The highest BCUT2D eigenvalue weighted by Crippen LogP contribution is 2.23. The normalized spacial score (nSPS) is 16.7. The van der Waals surface area contributed by atoms with Crippen LogP contribution in [0.1, 0.15) is 37.9 Å². The summed E-state index contributed by atoms with van der Waals surface area (Å²) in [4.78, 5) is 6.72. The standard InChI is InChI=1S/C15H21N3O/c1-11(2)19-14-6-8-18(9-7-14)15-13(10-16)5-4-12(3)17-15/h4-5,11,14H,6-9H2,1-3H3. The van der Waals surface area contributed by atoms with E-state index in [9.17, 15) is 0 Å². The van der Waals surface area contributed by atoms with Crippen molar-refractivity contribution in [3.8, 4) is 6.07 Å². The van der Waals surface area contributed by atoms with E-state index in [4.69, 9.17) is 10.00 Å². The average molecular weight is 259 g/mol. The number of rotatable bonds is 3. The number of hydrogen-bond acceptors (Lipinski definition) is 4. The van der Waals surface area contributed by atoms with Crippen molar-refractivity contribution in [3.63, 3.8) is 0 Å². The second kappa shape index (κ2) is 6.03. The molecule has 0 bridgehead atoms. The molecule has 0 spiro atoms. The molecule has 102 valence electrons. The third-order valence-electron chi connectivity index (χ3n) is 3.34. The first-order valence-electron chi connectivity index (χ1n) is 6.88. The quantitative estimate of drug-likeness (QED) is 0.837. The van der Waals surface area contributed by atoms with Gasteiger partial charge in [0.25, 0.3) is 0 Å². The number of aromatic nitrogens is 1. The molecular formula is C15H21N3O. The highest BCUT2D eigenvalue weighted by Gasteiger charge is 2.23. The topological polar surface area (TPSA) is 49.2 Å². The molecule has 1 aromatic rings. The Morgan fingerprint density at radius 2 is 2.05 bits per heavy atom. The van der Waals surface area contributed by atoms with Crippen LogP contribution in [0.3, 0.4) is 0 Å². The monoisotopic (exact) mass is 259 g/mol. The molecule has 2 rings (SSSR count). The lowest BCUT2D eigenvalue weighted by Crippen LogP contribution is -2.38. The van der Waals surface area contributed by atoms with Crippen molar-refractivity contribution in [2.45, 2.75) is 45.8 Å². The molecule has 1 fully saturated rings. The Morgan fingerprint density at radius 1 is 1.37 bits per heavy atom. The van der Waals surface area contributed by atoms with Crippen molar-refractivity contribution in [2.24, 2.45) is 0 Å². The lowest BCUT2D eigenvalue weighted by Gasteiger charge is -2.34. The molecule has 1 aliphatic heterocycles. The van der Waals surface area contributed by atoms with Gasteiger partial charge in [0, 0.05) is 18.8 Å². The van der Waals surface area contributed by atoms with Crippen molar-refractivity contribution < 1.29 is 4.74 Å². The van der Waals surface area contributed by atoms with E-state index in [0.717, 1.165) is 37.4 Å². The molecule has 19 heavy (non-hydrogen) atoms. The third kappa shape index (κ3) is 3.45. The molecule has 1 aromatic heterocycles. The summed E-state index contributed by atoms with van der Waals surface area (Å²) in [6.07, 6.45) is 2.62. The molecule has 0 aliphatic carbocycles. The maximum Gasteiger partial charge on any atom is 0.146 e. The van der Waals surface area contributed by atoms with Crippen LogP contribution in [0.25, 0.3) is 0 Å². The maximum absolute atomic E-state index is 9.17. The molecule has 0 radical (unpaired) electrons. The Kier molecular flexibility index (Phi) is 4.39. The van der Waals surface area contributed by atoms with Crippen molar-refractivity contribution >= 4 is 5.82 Å². The van der Waals surface area contributed by atoms with Gasteiger partial charge in [-0.3, -0.25) is 0 Å². The molecule has 0 atom stereocenters. The van der Waals surface area contributed by atoms with Crippen molar-refractivity contribution in [1.82, 2.24) is 4.98 Å². The minimum absolute atomic E-state index is 0.281. The van der Waals surface area contributed by atoms with Gasteiger partial charge in [0.15, 0.2) is 0 Å². The predicted octanol–water partition coefficient (Wildman–Crippen LogP) is 2.66. The van der Waals surface area contributed by atoms with E-state index in [-0.39, 0.29) is 6.10 Å². The number of ether oxygens (including phenoxy) is 1. The third-order valence-corrected chi connectivity index (χ3v) is 3.34. The van der Waals surface area contributed by atoms with Crippen LogP contribution in [0.5, 0.6) is 0 Å². The largest absolute Gasteiger partial charge is 0.375 e. The zero-order valence-corrected chi connectivity index (χ0v) is 11.9. The molecule has 0 N–H and O–H groups in total. The van der Waals surface area contributed by atoms with Crippen LogP contribution < -0.4 is 4.90 Å². The van der Waals surface area contributed by atoms with Crippen LogP contribution in [0, 0.1) is 18.3 Å². The SMILES string of the molecule is Cc1ccc(C#N)c(N2CCC(OC(C)C)CC2)n1. The second-order valence-corrected chi connectivity index (χ2v) is 5.31. The van der Waals surface area contributed by atoms with Crippen molar-refractivity contribution in [2.75, 3.05) is 18.0 Å². The van der Waals surface area contributed by atoms with Gasteiger partial charge in [-0.05, 0) is 45.7 Å². The van der Waals surface area contributed by atoms with E-state index in [1.54, 1.807) is 0 Å². The van der Waals surface area contributed by atoms with Gasteiger partial charge in [-0.2, -0.15) is 5.26 Å². The molecular weight excluding hydrogens is 238 g/mol. The Bertz CT molecular complexity index is 471. The molecule has 4 nitrogen and oxygen atoms in total. The number of pyridine rings is 1. The summed E-state index contributed by atoms with van der Waals surface area (Å²) in [5.74, 6) is 0.825. The highest BCUT2D eigenvalue weighted by atomic mass is 16.5. The summed E-state index contributed by atoms with van der Waals surface area (Å²) in [6, 6.07) is 5.97. The number of piperidine rings is 1. The number of nitriles is 1. The highest BCUT2D eigenvalue weighted by molar-refractivity contribution is 5.54. The maximum atomic E-state index is 9.17. The van der Waals surface area contributed by atoms with Crippen LogP contribution in [0.4, 0.5) is 5.82 Å². The van der Waals surface area contributed by atoms with Crippen molar-refractivity contribution in [1.29, 1.82) is 5.26 Å². The van der Waals surface area contributed by atoms with E-state index >= 15 is 0 Å². The van der Waals surface area contributed by atoms with Gasteiger partial charge in [-0.25, -0.2) is 4.98 Å². The Balaban J connectivity index is 2.05. The first kappa shape index (κ1) is 13.8. The molecule has 1 saturated heterocycles. The van der Waals surface area contributed by atoms with Crippen LogP contribution >= 0.6 is 0 Å². The number of nitrogens with zero attached hydrogens (tertiary/aromatic N) is 3. The summed E-state index contributed by atoms with van der Waals surface area (Å²) < 4.78 is 5.84. The number of anilines is 1. The summed E-state index contributed by atoms with van der Waals surface area (Å²) in [5, 5.41) is 9.17. The smallest absolute Gasteiger partial charge is 0.146 e. The molecule has 0 saturated carbocycles. The van der Waals surface area contributed by atoms with E-state index in [1.165, 1.54) is 0 Å². The van der Waals surface area contributed by atoms with E-state index in [0.29, 0.717) is 11.7 Å². The van der Waals surface area contributed by atoms with E-state index in [2.05, 4.69) is 29.8 Å². The van der Waals surface area contributed by atoms with Gasteiger partial charge in [0.2, 0.25) is 0 Å². The minimum Gasteiger partial charge on any atom is -0.375 e. The van der Waals surface area contributed by atoms with Gasteiger partial charge in [0.1, 0.15) is 11.9 Å². The molecule has 0 aromatic carbocycles. The van der Waals surface area contributed by atoms with Crippen LogP contribution in [-0.4, -0.2) is 30.3 Å². The van der Waals surface area contributed by atoms with E-state index in [1.807, 2.05) is 19.1 Å². The first-order valence-corrected chi connectivity index (χ1v) is 6.88. The Hall–Kier alpha value is -1.60. The summed E-state index contributed by atoms with van der Waals surface area (Å²) in [7, 11) is 0. The number of aryl methyl sites for hydroxylation is 1. The first-order chi connectivity index (χ1) is 9.10. The van der Waals surface area contributed by atoms with Gasteiger partial charge in [0.05, 0.1) is 17.8 Å². The molecule has 0 amide bonds. The fraction of sp³-hybridized carbons (Fsp3) is 0.600. The Labute approximate surface area is 115 Å². The zero-order valence-electron chi connectivity index (χ0n) is 11.9. The van der Waals surface area contributed by atoms with Crippen molar-refractivity contribution in [3.05, 3.63) is 23.4 Å². The molecule has 1 aliphatic rings. The van der Waals surface area contributed by atoms with Crippen LogP contribution in [-0.2, 0) is 4.74 Å². The number of hydrogen-bond donors (Lipinski definition) is 0. The zero-order chi connectivity index (χ0) is 13.8. The molecule has 0 unspecified atom stereocenters. The summed E-state index contributed by atoms with van der Waals surface area (Å²) in [5.41, 5.74) is 1.61. The summed E-state index contributed by atoms with van der Waals surface area (Å²) in [6.45, 7) is 7.91. The fourth-order valence-corrected chi connectivity index (χ4v) is 2.46. The Morgan fingerprint density at radius 3 is 2.63 bits per heavy atom. The molecule has 4 heteroatoms. The van der Waals surface area contributed by atoms with Gasteiger partial charge < -0.3 is 9.64 Å². The minimum atomic E-state index is 0.281. The predicted molar refractivity (Wildman–Crippen MR) is 75.1 cm³/mol. The average Bonchev–Trinajstić information content (AvgIpc) is 2.39. The lowest BCUT2D eigenvalue weighted by molar-refractivity contribution is -0.00485. The lowest BCUT2D eigenvalue weighted by atomic mass is 10.1. The second-order valence-electron chi connectivity index (χ2n) is 5.31. The fourth-order valence-electron chi connectivity index (χ4n) is 2.46. The van der Waals surface area contributed by atoms with Gasteiger partial charge in [-0.1, -0.05) is 0 Å². The summed E-state index contributed by atoms with van der Waals surface area (Å²) >= 11 is 0. The molecule has 2 heterocycles. The van der Waals surface area contributed by atoms with Crippen LogP contribution in [0.2, 0.25) is 0 Å².